The van der Waals surface area contributed by atoms with Crippen molar-refractivity contribution in [2.75, 3.05) is 32.1 Å². The Morgan fingerprint density at radius 2 is 1.90 bits per heavy atom. The number of methoxy groups -OCH3 is 1. The molecule has 110 valence electrons. The normalized spacial score (nSPS) is 17.6. The number of hydrogen-bond donors (Lipinski definition) is 1. The van der Waals surface area contributed by atoms with E-state index in [2.05, 4.69) is 12.2 Å². The number of benzene rings is 1. The highest BCUT2D eigenvalue weighted by Crippen LogP contribution is 2.35. The van der Waals surface area contributed by atoms with Crippen molar-refractivity contribution in [3.8, 4) is 5.75 Å². The molecule has 1 aromatic rings. The second kappa shape index (κ2) is 6.27. The zero-order valence-corrected chi connectivity index (χ0v) is 12.6. The van der Waals surface area contributed by atoms with Crippen LogP contribution in [0.4, 0.5) is 5.69 Å². The fraction of sp³-hybridized carbons (Fsp3) is 0.562. The lowest BCUT2D eigenvalue weighted by atomic mass is 9.75. The molecule has 1 heterocycles. The van der Waals surface area contributed by atoms with E-state index in [1.165, 1.54) is 0 Å². The number of carbonyl (C=O) groups is 1. The van der Waals surface area contributed by atoms with E-state index in [1.807, 2.05) is 31.3 Å². The van der Waals surface area contributed by atoms with Crippen LogP contribution >= 0.6 is 0 Å². The maximum atomic E-state index is 12.9. The molecule has 20 heavy (non-hydrogen) atoms. The van der Waals surface area contributed by atoms with Crippen molar-refractivity contribution >= 4 is 11.6 Å². The highest BCUT2D eigenvalue weighted by molar-refractivity contribution is 5.97. The monoisotopic (exact) mass is 276 g/mol. The SMILES string of the molecule is CCC1(C(=O)N(C)c2ccc(OC)cc2)CCNCC1. The van der Waals surface area contributed by atoms with Crippen molar-refractivity contribution in [1.29, 1.82) is 0 Å². The van der Waals surface area contributed by atoms with Crippen molar-refractivity contribution in [1.82, 2.24) is 5.32 Å². The van der Waals surface area contributed by atoms with E-state index in [0.29, 0.717) is 0 Å². The topological polar surface area (TPSA) is 41.6 Å². The van der Waals surface area contributed by atoms with Crippen LogP contribution in [0.2, 0.25) is 0 Å². The van der Waals surface area contributed by atoms with Gasteiger partial charge in [0.1, 0.15) is 5.75 Å². The van der Waals surface area contributed by atoms with Crippen LogP contribution < -0.4 is 15.0 Å². The summed E-state index contributed by atoms with van der Waals surface area (Å²) in [6, 6.07) is 7.64. The van der Waals surface area contributed by atoms with Gasteiger partial charge in [-0.3, -0.25) is 4.79 Å². The van der Waals surface area contributed by atoms with Crippen LogP contribution in [-0.4, -0.2) is 33.2 Å². The molecule has 1 amide bonds. The Morgan fingerprint density at radius 3 is 2.40 bits per heavy atom. The van der Waals surface area contributed by atoms with Crippen LogP contribution in [0, 0.1) is 5.41 Å². The van der Waals surface area contributed by atoms with Crippen LogP contribution in [0.1, 0.15) is 26.2 Å². The van der Waals surface area contributed by atoms with Crippen LogP contribution in [0.5, 0.6) is 5.75 Å². The molecule has 0 bridgehead atoms. The molecule has 1 aliphatic rings. The van der Waals surface area contributed by atoms with Crippen molar-refractivity contribution in [3.63, 3.8) is 0 Å². The molecule has 1 aromatic carbocycles. The average Bonchev–Trinajstić information content (AvgIpc) is 2.54. The molecular formula is C16H24N2O2. The van der Waals surface area contributed by atoms with Crippen molar-refractivity contribution in [2.45, 2.75) is 26.2 Å². The van der Waals surface area contributed by atoms with Gasteiger partial charge in [0.2, 0.25) is 5.91 Å². The first kappa shape index (κ1) is 14.9. The minimum absolute atomic E-state index is 0.208. The van der Waals surface area contributed by atoms with Gasteiger partial charge < -0.3 is 15.0 Å². The van der Waals surface area contributed by atoms with Gasteiger partial charge in [0.05, 0.1) is 12.5 Å². The van der Waals surface area contributed by atoms with Gasteiger partial charge in [0.25, 0.3) is 0 Å². The van der Waals surface area contributed by atoms with Crippen molar-refractivity contribution < 1.29 is 9.53 Å². The predicted molar refractivity (Wildman–Crippen MR) is 81.2 cm³/mol. The molecular weight excluding hydrogens is 252 g/mol. The van der Waals surface area contributed by atoms with E-state index in [0.717, 1.165) is 43.8 Å². The Labute approximate surface area is 121 Å². The number of ether oxygens (including phenoxy) is 1. The summed E-state index contributed by atoms with van der Waals surface area (Å²) < 4.78 is 5.16. The first-order chi connectivity index (χ1) is 9.63. The van der Waals surface area contributed by atoms with Crippen LogP contribution in [0.25, 0.3) is 0 Å². The van der Waals surface area contributed by atoms with Gasteiger partial charge in [-0.1, -0.05) is 6.92 Å². The highest BCUT2D eigenvalue weighted by Gasteiger charge is 2.39. The third-order valence-corrected chi connectivity index (χ3v) is 4.46. The zero-order chi connectivity index (χ0) is 14.6. The van der Waals surface area contributed by atoms with Gasteiger partial charge in [0.15, 0.2) is 0 Å². The number of amides is 1. The van der Waals surface area contributed by atoms with E-state index in [-0.39, 0.29) is 11.3 Å². The largest absolute Gasteiger partial charge is 0.497 e. The van der Waals surface area contributed by atoms with Crippen molar-refractivity contribution in [2.24, 2.45) is 5.41 Å². The summed E-state index contributed by atoms with van der Waals surface area (Å²) in [5.74, 6) is 1.04. The molecule has 0 radical (unpaired) electrons. The van der Waals surface area contributed by atoms with Gasteiger partial charge in [-0.2, -0.15) is 0 Å². The average molecular weight is 276 g/mol. The van der Waals surface area contributed by atoms with E-state index < -0.39 is 0 Å². The highest BCUT2D eigenvalue weighted by atomic mass is 16.5. The number of rotatable bonds is 4. The van der Waals surface area contributed by atoms with E-state index >= 15 is 0 Å². The number of carbonyl (C=O) groups excluding carboxylic acids is 1. The summed E-state index contributed by atoms with van der Waals surface area (Å²) in [6.07, 6.45) is 2.74. The van der Waals surface area contributed by atoms with Crippen LogP contribution in [0.3, 0.4) is 0 Å². The number of nitrogens with one attached hydrogen (secondary N) is 1. The van der Waals surface area contributed by atoms with Gasteiger partial charge in [-0.25, -0.2) is 0 Å². The maximum absolute atomic E-state index is 12.9. The molecule has 1 aliphatic heterocycles. The second-order valence-electron chi connectivity index (χ2n) is 5.45. The number of anilines is 1. The van der Waals surface area contributed by atoms with E-state index in [4.69, 9.17) is 4.74 Å². The molecule has 1 saturated heterocycles. The third kappa shape index (κ3) is 2.80. The smallest absolute Gasteiger partial charge is 0.233 e. The molecule has 0 atom stereocenters. The second-order valence-corrected chi connectivity index (χ2v) is 5.45. The fourth-order valence-electron chi connectivity index (χ4n) is 2.90. The lowest BCUT2D eigenvalue weighted by Crippen LogP contribution is -2.48. The lowest BCUT2D eigenvalue weighted by molar-refractivity contribution is -0.129. The maximum Gasteiger partial charge on any atom is 0.233 e. The Hall–Kier alpha value is -1.55. The van der Waals surface area contributed by atoms with Gasteiger partial charge >= 0.3 is 0 Å². The molecule has 0 spiro atoms. The number of nitrogens with zero attached hydrogens (tertiary/aromatic N) is 1. The molecule has 4 nitrogen and oxygen atoms in total. The van der Waals surface area contributed by atoms with Gasteiger partial charge in [0, 0.05) is 12.7 Å². The first-order valence-corrected chi connectivity index (χ1v) is 7.26. The Morgan fingerprint density at radius 1 is 1.30 bits per heavy atom. The summed E-state index contributed by atoms with van der Waals surface area (Å²) in [5, 5.41) is 3.34. The zero-order valence-electron chi connectivity index (χ0n) is 12.6. The van der Waals surface area contributed by atoms with Crippen LogP contribution in [-0.2, 0) is 4.79 Å². The van der Waals surface area contributed by atoms with Gasteiger partial charge in [-0.15, -0.1) is 0 Å². The van der Waals surface area contributed by atoms with E-state index in [9.17, 15) is 4.79 Å². The van der Waals surface area contributed by atoms with Crippen molar-refractivity contribution in [3.05, 3.63) is 24.3 Å². The fourth-order valence-corrected chi connectivity index (χ4v) is 2.90. The summed E-state index contributed by atoms with van der Waals surface area (Å²) >= 11 is 0. The standard InChI is InChI=1S/C16H24N2O2/c1-4-16(9-11-17-12-10-16)15(19)18(2)13-5-7-14(20-3)8-6-13/h5-8,17H,4,9-12H2,1-3H3. The first-order valence-electron chi connectivity index (χ1n) is 7.26. The summed E-state index contributed by atoms with van der Waals surface area (Å²) in [5.41, 5.74) is 0.710. The molecule has 2 rings (SSSR count). The lowest BCUT2D eigenvalue weighted by Gasteiger charge is -2.38. The molecule has 4 heteroatoms. The Balaban J connectivity index is 2.17. The minimum atomic E-state index is -0.208. The number of piperidine rings is 1. The Bertz CT molecular complexity index is 450. The van der Waals surface area contributed by atoms with E-state index in [1.54, 1.807) is 12.0 Å². The quantitative estimate of drug-likeness (QED) is 0.918. The summed E-state index contributed by atoms with van der Waals surface area (Å²) in [7, 11) is 3.51. The Kier molecular flexibility index (Phi) is 4.65. The molecule has 0 aliphatic carbocycles. The molecule has 0 aromatic heterocycles. The van der Waals surface area contributed by atoms with Gasteiger partial charge in [-0.05, 0) is 56.6 Å². The summed E-state index contributed by atoms with van der Waals surface area (Å²) in [6.45, 7) is 3.97. The molecule has 1 fully saturated rings. The third-order valence-electron chi connectivity index (χ3n) is 4.46. The molecule has 1 N–H and O–H groups in total. The predicted octanol–water partition coefficient (Wildman–Crippen LogP) is 2.44. The molecule has 0 unspecified atom stereocenters. The van der Waals surface area contributed by atoms with Crippen LogP contribution in [0.15, 0.2) is 24.3 Å². The molecule has 0 saturated carbocycles. The summed E-state index contributed by atoms with van der Waals surface area (Å²) in [4.78, 5) is 14.7. The number of hydrogen-bond acceptors (Lipinski definition) is 3. The minimum Gasteiger partial charge on any atom is -0.497 e.